The Labute approximate surface area is 300 Å². The summed E-state index contributed by atoms with van der Waals surface area (Å²) in [5.41, 5.74) is 6.20. The highest BCUT2D eigenvalue weighted by molar-refractivity contribution is 7.27. The van der Waals surface area contributed by atoms with Crippen molar-refractivity contribution in [2.75, 3.05) is 0 Å². The fraction of sp³-hybridized carbons (Fsp3) is 0. The summed E-state index contributed by atoms with van der Waals surface area (Å²) in [6.45, 7) is 0. The Morgan fingerprint density at radius 3 is 1.86 bits per heavy atom. The van der Waals surface area contributed by atoms with Crippen LogP contribution in [-0.2, 0) is 0 Å². The van der Waals surface area contributed by atoms with Crippen molar-refractivity contribution in [3.63, 3.8) is 0 Å². The smallest absolute Gasteiger partial charge is 0.166 e. The molecule has 0 aliphatic heterocycles. The highest BCUT2D eigenvalue weighted by Gasteiger charge is 2.21. The molecule has 0 aliphatic rings. The zero-order chi connectivity index (χ0) is 33.5. The number of aromatic nitrogens is 4. The molecule has 7 aromatic carbocycles. The molecule has 11 rings (SSSR count). The van der Waals surface area contributed by atoms with Crippen molar-refractivity contribution < 1.29 is 0 Å². The maximum atomic E-state index is 5.25. The molecule has 51 heavy (non-hydrogen) atoms. The Kier molecular flexibility index (Phi) is 6.26. The van der Waals surface area contributed by atoms with E-state index in [0.29, 0.717) is 17.5 Å². The molecule has 0 spiro atoms. The maximum absolute atomic E-state index is 5.25. The van der Waals surface area contributed by atoms with Crippen molar-refractivity contribution in [2.24, 2.45) is 0 Å². The lowest BCUT2D eigenvalue weighted by atomic mass is 10.1. The van der Waals surface area contributed by atoms with Gasteiger partial charge in [0.2, 0.25) is 0 Å². The quantitative estimate of drug-likeness (QED) is 0.185. The monoisotopic (exact) mass is 686 g/mol. The number of hydrogen-bond acceptors (Lipinski definition) is 5. The van der Waals surface area contributed by atoms with Crippen LogP contribution in [-0.4, -0.2) is 19.5 Å². The van der Waals surface area contributed by atoms with Crippen molar-refractivity contribution in [3.8, 4) is 39.9 Å². The predicted octanol–water partition coefficient (Wildman–Crippen LogP) is 12.7. The van der Waals surface area contributed by atoms with E-state index < -0.39 is 0 Å². The first-order chi connectivity index (χ1) is 25.3. The minimum absolute atomic E-state index is 0.638. The fourth-order valence-electron chi connectivity index (χ4n) is 7.56. The number of para-hydroxylation sites is 2. The van der Waals surface area contributed by atoms with Crippen LogP contribution in [0, 0.1) is 0 Å². The van der Waals surface area contributed by atoms with Crippen LogP contribution in [0.5, 0.6) is 0 Å². The summed E-state index contributed by atoms with van der Waals surface area (Å²) in [4.78, 5) is 15.5. The first-order valence-electron chi connectivity index (χ1n) is 16.9. The lowest BCUT2D eigenvalue weighted by molar-refractivity contribution is 1.06. The molecular formula is C45H26N4S2. The van der Waals surface area contributed by atoms with Gasteiger partial charge in [0.15, 0.2) is 17.5 Å². The molecule has 4 aromatic heterocycles. The largest absolute Gasteiger partial charge is 0.308 e. The van der Waals surface area contributed by atoms with Crippen LogP contribution < -0.4 is 0 Å². The van der Waals surface area contributed by atoms with E-state index in [1.807, 2.05) is 40.9 Å². The van der Waals surface area contributed by atoms with Crippen LogP contribution in [0.4, 0.5) is 0 Å². The van der Waals surface area contributed by atoms with Crippen LogP contribution in [0.2, 0.25) is 0 Å². The number of thiophene rings is 2. The normalized spacial score (nSPS) is 11.9. The van der Waals surface area contributed by atoms with Gasteiger partial charge in [0.05, 0.1) is 16.7 Å². The molecule has 0 radical (unpaired) electrons. The zero-order valence-corrected chi connectivity index (χ0v) is 28.7. The van der Waals surface area contributed by atoms with Gasteiger partial charge in [-0.2, -0.15) is 0 Å². The van der Waals surface area contributed by atoms with Crippen LogP contribution >= 0.6 is 22.7 Å². The first-order valence-corrected chi connectivity index (χ1v) is 18.6. The van der Waals surface area contributed by atoms with Gasteiger partial charge in [-0.05, 0) is 54.6 Å². The van der Waals surface area contributed by atoms with Crippen molar-refractivity contribution >= 4 is 84.8 Å². The average Bonchev–Trinajstić information content (AvgIpc) is 3.87. The van der Waals surface area contributed by atoms with Crippen molar-refractivity contribution in [1.29, 1.82) is 0 Å². The molecule has 11 aromatic rings. The minimum Gasteiger partial charge on any atom is -0.308 e. The lowest BCUT2D eigenvalue weighted by Crippen LogP contribution is -2.03. The minimum atomic E-state index is 0.638. The topological polar surface area (TPSA) is 43.6 Å². The number of nitrogens with zero attached hydrogens (tertiary/aromatic N) is 4. The van der Waals surface area contributed by atoms with Gasteiger partial charge in [0.1, 0.15) is 0 Å². The number of benzene rings is 7. The molecule has 0 aliphatic carbocycles. The Morgan fingerprint density at radius 1 is 0.392 bits per heavy atom. The van der Waals surface area contributed by atoms with E-state index in [9.17, 15) is 0 Å². The van der Waals surface area contributed by atoms with Gasteiger partial charge >= 0.3 is 0 Å². The van der Waals surface area contributed by atoms with E-state index in [0.717, 1.165) is 33.4 Å². The van der Waals surface area contributed by atoms with E-state index in [2.05, 4.69) is 144 Å². The summed E-state index contributed by atoms with van der Waals surface area (Å²) in [6.07, 6.45) is 0. The Bertz CT molecular complexity index is 3150. The Balaban J connectivity index is 1.17. The average molecular weight is 687 g/mol. The van der Waals surface area contributed by atoms with Gasteiger partial charge in [-0.3, -0.25) is 0 Å². The standard InChI is InChI=1S/C45H26N4S2/c1-2-12-27(13-3-1)43-46-44(28-22-25-40-34(26-28)30-15-7-10-20-38(30)50-40)48-45(47-43)33-17-5-9-19-36(33)49-35-18-8-4-16-32(35)41-37(49)24-23-31-29-14-6-11-21-39(29)51-42(31)41/h1-26H. The molecule has 0 saturated heterocycles. The molecule has 0 N–H and O–H groups in total. The highest BCUT2D eigenvalue weighted by atomic mass is 32.1. The summed E-state index contributed by atoms with van der Waals surface area (Å²) >= 11 is 3.68. The molecule has 0 bridgehead atoms. The third kappa shape index (κ3) is 4.40. The van der Waals surface area contributed by atoms with E-state index in [4.69, 9.17) is 15.0 Å². The molecule has 0 atom stereocenters. The molecule has 6 heteroatoms. The molecule has 238 valence electrons. The van der Waals surface area contributed by atoms with Crippen LogP contribution in [0.3, 0.4) is 0 Å². The zero-order valence-electron chi connectivity index (χ0n) is 27.1. The number of rotatable bonds is 4. The SMILES string of the molecule is c1ccc(-c2nc(-c3ccc4sc5ccccc5c4c3)nc(-c3ccccc3-n3c4ccccc4c4c5sc6ccccc6c5ccc43)n2)cc1. The summed E-state index contributed by atoms with van der Waals surface area (Å²) in [7, 11) is 0. The second-order valence-electron chi connectivity index (χ2n) is 12.8. The van der Waals surface area contributed by atoms with Crippen molar-refractivity contribution in [1.82, 2.24) is 19.5 Å². The van der Waals surface area contributed by atoms with Gasteiger partial charge in [0.25, 0.3) is 0 Å². The predicted molar refractivity (Wildman–Crippen MR) is 216 cm³/mol. The molecule has 0 saturated carbocycles. The Hall–Kier alpha value is -6.21. The maximum Gasteiger partial charge on any atom is 0.166 e. The molecule has 4 nitrogen and oxygen atoms in total. The van der Waals surface area contributed by atoms with Gasteiger partial charge in [-0.15, -0.1) is 22.7 Å². The first kappa shape index (κ1) is 28.6. The summed E-state index contributed by atoms with van der Waals surface area (Å²) in [5.74, 6) is 1.94. The van der Waals surface area contributed by atoms with E-state index in [-0.39, 0.29) is 0 Å². The van der Waals surface area contributed by atoms with Crippen LogP contribution in [0.15, 0.2) is 158 Å². The van der Waals surface area contributed by atoms with Crippen molar-refractivity contribution in [3.05, 3.63) is 158 Å². The molecule has 0 amide bonds. The fourth-order valence-corrected chi connectivity index (χ4v) is 9.90. The van der Waals surface area contributed by atoms with Crippen LogP contribution in [0.1, 0.15) is 0 Å². The van der Waals surface area contributed by atoms with Gasteiger partial charge < -0.3 is 4.57 Å². The van der Waals surface area contributed by atoms with Gasteiger partial charge in [-0.25, -0.2) is 15.0 Å². The van der Waals surface area contributed by atoms with Gasteiger partial charge in [0, 0.05) is 67.8 Å². The van der Waals surface area contributed by atoms with Crippen LogP contribution in [0.25, 0.3) is 102 Å². The number of fused-ring (bicyclic) bond motifs is 10. The van der Waals surface area contributed by atoms with Crippen molar-refractivity contribution in [2.45, 2.75) is 0 Å². The lowest BCUT2D eigenvalue weighted by Gasteiger charge is -2.14. The van der Waals surface area contributed by atoms with E-state index in [1.54, 1.807) is 0 Å². The molecule has 0 fully saturated rings. The second kappa shape index (κ2) is 11.2. The molecule has 4 heterocycles. The Morgan fingerprint density at radius 2 is 1.02 bits per heavy atom. The third-order valence-corrected chi connectivity index (χ3v) is 12.2. The van der Waals surface area contributed by atoms with Gasteiger partial charge in [-0.1, -0.05) is 103 Å². The highest BCUT2D eigenvalue weighted by Crippen LogP contribution is 2.44. The molecular weight excluding hydrogens is 661 g/mol. The summed E-state index contributed by atoms with van der Waals surface area (Å²) in [6, 6.07) is 55.9. The second-order valence-corrected chi connectivity index (χ2v) is 14.9. The molecule has 0 unspecified atom stereocenters. The van der Waals surface area contributed by atoms with E-state index in [1.165, 1.54) is 51.1 Å². The third-order valence-electron chi connectivity index (χ3n) is 9.87. The summed E-state index contributed by atoms with van der Waals surface area (Å²) < 4.78 is 7.53. The summed E-state index contributed by atoms with van der Waals surface area (Å²) in [5, 5.41) is 7.57. The van der Waals surface area contributed by atoms with E-state index >= 15 is 0 Å². The number of hydrogen-bond donors (Lipinski definition) is 0.